The van der Waals surface area contributed by atoms with Gasteiger partial charge in [0.15, 0.2) is 0 Å². The van der Waals surface area contributed by atoms with Crippen LogP contribution >= 0.6 is 24.8 Å². The molecule has 2 aliphatic rings. The lowest BCUT2D eigenvalue weighted by molar-refractivity contribution is 0.0778. The van der Waals surface area contributed by atoms with E-state index >= 15 is 0 Å². The fourth-order valence-corrected chi connectivity index (χ4v) is 4.45. The van der Waals surface area contributed by atoms with E-state index in [-0.39, 0.29) is 0 Å². The van der Waals surface area contributed by atoms with Crippen LogP contribution in [0.5, 0.6) is 0 Å². The van der Waals surface area contributed by atoms with Gasteiger partial charge in [-0.15, -0.1) is 12.6 Å². The first kappa shape index (κ1) is 14.6. The molecule has 2 rings (SSSR count). The van der Waals surface area contributed by atoms with Gasteiger partial charge in [-0.25, -0.2) is 0 Å². The Morgan fingerprint density at radius 1 is 1.11 bits per heavy atom. The summed E-state index contributed by atoms with van der Waals surface area (Å²) < 4.78 is 0.757. The normalized spacial score (nSPS) is 31.6. The van der Waals surface area contributed by atoms with E-state index in [1.165, 1.54) is 38.6 Å². The molecule has 1 aliphatic heterocycles. The van der Waals surface area contributed by atoms with E-state index in [1.807, 2.05) is 0 Å². The molecule has 2 fully saturated rings. The van der Waals surface area contributed by atoms with E-state index in [0.29, 0.717) is 12.1 Å². The van der Waals surface area contributed by atoms with Gasteiger partial charge in [-0.2, -0.15) is 0 Å². The lowest BCUT2D eigenvalue weighted by Gasteiger charge is -2.46. The Kier molecular flexibility index (Phi) is 5.34. The quantitative estimate of drug-likeness (QED) is 0.616. The summed E-state index contributed by atoms with van der Waals surface area (Å²) in [6.45, 7) is 8.11. The van der Waals surface area contributed by atoms with E-state index in [4.69, 9.17) is 12.2 Å². The summed E-state index contributed by atoms with van der Waals surface area (Å²) in [5.41, 5.74) is 0. The monoisotopic (exact) mass is 286 g/mol. The fourth-order valence-electron chi connectivity index (χ4n) is 3.69. The van der Waals surface area contributed by atoms with Crippen molar-refractivity contribution in [1.29, 1.82) is 0 Å². The fraction of sp³-hybridized carbons (Fsp3) is 0.929. The Morgan fingerprint density at radius 3 is 2.17 bits per heavy atom. The van der Waals surface area contributed by atoms with Gasteiger partial charge in [-0.05, 0) is 32.6 Å². The highest BCUT2D eigenvalue weighted by atomic mass is 32.1. The minimum atomic E-state index is 0.502. The molecule has 0 bridgehead atoms. The molecule has 0 N–H and O–H groups in total. The molecule has 4 heteroatoms. The smallest absolute Gasteiger partial charge is 0.133 e. The SMILES string of the molecule is C[C@@H]1CN(CC2CCCCC2)C[C@H](C)N1C(=S)S. The molecule has 0 aromatic heterocycles. The number of thiocarbonyl (C=S) groups is 1. The molecule has 1 saturated heterocycles. The molecule has 1 saturated carbocycles. The van der Waals surface area contributed by atoms with Crippen molar-refractivity contribution < 1.29 is 0 Å². The highest BCUT2D eigenvalue weighted by Crippen LogP contribution is 2.26. The summed E-state index contributed by atoms with van der Waals surface area (Å²) in [6, 6.07) is 1.00. The number of thiol groups is 1. The maximum Gasteiger partial charge on any atom is 0.133 e. The number of piperazine rings is 1. The van der Waals surface area contributed by atoms with Crippen molar-refractivity contribution >= 4 is 29.2 Å². The van der Waals surface area contributed by atoms with Crippen LogP contribution in [0.4, 0.5) is 0 Å². The van der Waals surface area contributed by atoms with Crippen LogP contribution in [0.2, 0.25) is 0 Å². The van der Waals surface area contributed by atoms with Crippen molar-refractivity contribution in [3.8, 4) is 0 Å². The molecule has 0 radical (unpaired) electrons. The van der Waals surface area contributed by atoms with Crippen molar-refractivity contribution in [3.63, 3.8) is 0 Å². The van der Waals surface area contributed by atoms with Gasteiger partial charge in [0.05, 0.1) is 0 Å². The van der Waals surface area contributed by atoms with E-state index in [0.717, 1.165) is 23.3 Å². The molecule has 0 unspecified atom stereocenters. The second kappa shape index (κ2) is 6.58. The van der Waals surface area contributed by atoms with Crippen LogP contribution in [0.15, 0.2) is 0 Å². The molecular formula is C14H26N2S2. The van der Waals surface area contributed by atoms with Gasteiger partial charge < -0.3 is 4.90 Å². The van der Waals surface area contributed by atoms with E-state index in [2.05, 4.69) is 36.3 Å². The van der Waals surface area contributed by atoms with E-state index in [9.17, 15) is 0 Å². The third-order valence-corrected chi connectivity index (χ3v) is 4.90. The Balaban J connectivity index is 1.87. The molecule has 2 atom stereocenters. The predicted octanol–water partition coefficient (Wildman–Crippen LogP) is 3.18. The molecule has 0 spiro atoms. The van der Waals surface area contributed by atoms with Crippen molar-refractivity contribution in [2.45, 2.75) is 58.0 Å². The zero-order chi connectivity index (χ0) is 13.1. The highest BCUT2D eigenvalue weighted by Gasteiger charge is 2.31. The lowest BCUT2D eigenvalue weighted by atomic mass is 9.88. The number of rotatable bonds is 2. The molecular weight excluding hydrogens is 260 g/mol. The van der Waals surface area contributed by atoms with Gasteiger partial charge in [0, 0.05) is 31.7 Å². The average Bonchev–Trinajstić information content (AvgIpc) is 2.28. The van der Waals surface area contributed by atoms with Gasteiger partial charge in [0.25, 0.3) is 0 Å². The zero-order valence-corrected chi connectivity index (χ0v) is 13.3. The molecule has 1 aliphatic carbocycles. The molecule has 0 aromatic rings. The molecule has 18 heavy (non-hydrogen) atoms. The summed E-state index contributed by atoms with van der Waals surface area (Å²) in [5, 5.41) is 0. The summed E-state index contributed by atoms with van der Waals surface area (Å²) in [6.07, 6.45) is 7.21. The summed E-state index contributed by atoms with van der Waals surface area (Å²) in [4.78, 5) is 4.93. The number of hydrogen-bond donors (Lipinski definition) is 1. The molecule has 104 valence electrons. The van der Waals surface area contributed by atoms with Crippen LogP contribution in [-0.4, -0.2) is 45.8 Å². The largest absolute Gasteiger partial charge is 0.350 e. The van der Waals surface area contributed by atoms with Crippen molar-refractivity contribution in [2.75, 3.05) is 19.6 Å². The van der Waals surface area contributed by atoms with Crippen LogP contribution in [0.25, 0.3) is 0 Å². The number of nitrogens with zero attached hydrogens (tertiary/aromatic N) is 2. The standard InChI is InChI=1S/C14H26N2S2/c1-11-8-15(9-12(2)16(11)14(17)18)10-13-6-4-3-5-7-13/h11-13H,3-10H2,1-2H3,(H,17,18)/t11-,12+. The third-order valence-electron chi connectivity index (χ3n) is 4.46. The van der Waals surface area contributed by atoms with Gasteiger partial charge in [0.1, 0.15) is 4.32 Å². The van der Waals surface area contributed by atoms with Gasteiger partial charge in [-0.1, -0.05) is 31.5 Å². The van der Waals surface area contributed by atoms with Crippen LogP contribution in [-0.2, 0) is 0 Å². The maximum absolute atomic E-state index is 5.24. The van der Waals surface area contributed by atoms with Gasteiger partial charge >= 0.3 is 0 Å². The molecule has 0 amide bonds. The van der Waals surface area contributed by atoms with Crippen LogP contribution in [0.3, 0.4) is 0 Å². The molecule has 2 nitrogen and oxygen atoms in total. The second-order valence-corrected chi connectivity index (χ2v) is 7.22. The van der Waals surface area contributed by atoms with Gasteiger partial charge in [-0.3, -0.25) is 4.90 Å². The first-order valence-corrected chi connectivity index (χ1v) is 8.17. The average molecular weight is 287 g/mol. The topological polar surface area (TPSA) is 6.48 Å². The Morgan fingerprint density at radius 2 is 1.67 bits per heavy atom. The Hall–Kier alpha value is 0.200. The van der Waals surface area contributed by atoms with E-state index < -0.39 is 0 Å². The third kappa shape index (κ3) is 3.61. The number of hydrogen-bond acceptors (Lipinski definition) is 2. The van der Waals surface area contributed by atoms with Crippen LogP contribution < -0.4 is 0 Å². The van der Waals surface area contributed by atoms with Crippen LogP contribution in [0.1, 0.15) is 46.0 Å². The van der Waals surface area contributed by atoms with E-state index in [1.54, 1.807) is 0 Å². The minimum Gasteiger partial charge on any atom is -0.350 e. The van der Waals surface area contributed by atoms with Crippen molar-refractivity contribution in [2.24, 2.45) is 5.92 Å². The van der Waals surface area contributed by atoms with Crippen molar-refractivity contribution in [3.05, 3.63) is 0 Å². The first-order chi connectivity index (χ1) is 8.58. The Bertz CT molecular complexity index is 278. The lowest BCUT2D eigenvalue weighted by Crippen LogP contribution is -2.58. The molecule has 1 heterocycles. The highest BCUT2D eigenvalue weighted by molar-refractivity contribution is 8.10. The second-order valence-electron chi connectivity index (χ2n) is 6.11. The predicted molar refractivity (Wildman–Crippen MR) is 85.4 cm³/mol. The first-order valence-electron chi connectivity index (χ1n) is 7.31. The summed E-state index contributed by atoms with van der Waals surface area (Å²) in [5.74, 6) is 0.938. The minimum absolute atomic E-state index is 0.502. The molecule has 0 aromatic carbocycles. The van der Waals surface area contributed by atoms with Crippen LogP contribution in [0, 0.1) is 5.92 Å². The van der Waals surface area contributed by atoms with Gasteiger partial charge in [0.2, 0.25) is 0 Å². The maximum atomic E-state index is 5.24. The Labute approximate surface area is 123 Å². The zero-order valence-electron chi connectivity index (χ0n) is 11.6. The van der Waals surface area contributed by atoms with Crippen molar-refractivity contribution in [1.82, 2.24) is 9.80 Å². The summed E-state index contributed by atoms with van der Waals surface area (Å²) in [7, 11) is 0. The summed E-state index contributed by atoms with van der Waals surface area (Å²) >= 11 is 9.60.